The monoisotopic (exact) mass is 269 g/mol. The first-order valence-electron chi connectivity index (χ1n) is 6.25. The van der Waals surface area contributed by atoms with Crippen LogP contribution in [0.1, 0.15) is 11.4 Å². The van der Waals surface area contributed by atoms with E-state index in [-0.39, 0.29) is 0 Å². The van der Waals surface area contributed by atoms with Gasteiger partial charge >= 0.3 is 0 Å². The second-order valence-corrected chi connectivity index (χ2v) is 4.53. The first-order valence-corrected chi connectivity index (χ1v) is 6.25. The van der Waals surface area contributed by atoms with Crippen molar-refractivity contribution in [3.63, 3.8) is 0 Å². The molecular weight excluding hydrogens is 254 g/mol. The summed E-state index contributed by atoms with van der Waals surface area (Å²) in [6.07, 6.45) is 3.49. The number of nitrogens with two attached hydrogens (primary N) is 1. The van der Waals surface area contributed by atoms with Crippen LogP contribution in [-0.2, 0) is 6.54 Å². The molecule has 0 saturated heterocycles. The Morgan fingerprint density at radius 3 is 2.80 bits per heavy atom. The van der Waals surface area contributed by atoms with Crippen LogP contribution in [0.5, 0.6) is 5.75 Å². The van der Waals surface area contributed by atoms with Gasteiger partial charge in [0.25, 0.3) is 0 Å². The molecular formula is C14H15N5O. The molecule has 0 bridgehead atoms. The van der Waals surface area contributed by atoms with Gasteiger partial charge in [0.15, 0.2) is 0 Å². The zero-order valence-electron chi connectivity index (χ0n) is 11.4. The number of aromatic nitrogens is 4. The van der Waals surface area contributed by atoms with Gasteiger partial charge in [-0.3, -0.25) is 9.97 Å². The van der Waals surface area contributed by atoms with Gasteiger partial charge in [-0.2, -0.15) is 0 Å². The molecule has 1 aromatic carbocycles. The molecule has 0 amide bonds. The molecule has 0 aliphatic rings. The highest BCUT2D eigenvalue weighted by atomic mass is 16.5. The number of nitrogen functional groups attached to an aromatic ring is 1. The second-order valence-electron chi connectivity index (χ2n) is 4.53. The van der Waals surface area contributed by atoms with Gasteiger partial charge in [0.2, 0.25) is 5.95 Å². The van der Waals surface area contributed by atoms with Gasteiger partial charge in [0.05, 0.1) is 36.8 Å². The van der Waals surface area contributed by atoms with Crippen molar-refractivity contribution >= 4 is 17.0 Å². The van der Waals surface area contributed by atoms with Crippen molar-refractivity contribution in [3.05, 3.63) is 42.0 Å². The van der Waals surface area contributed by atoms with Crippen molar-refractivity contribution in [2.24, 2.45) is 0 Å². The fourth-order valence-electron chi connectivity index (χ4n) is 2.13. The lowest BCUT2D eigenvalue weighted by molar-refractivity contribution is 0.419. The minimum absolute atomic E-state index is 0.437. The number of hydrogen-bond donors (Lipinski definition) is 1. The van der Waals surface area contributed by atoms with Gasteiger partial charge in [-0.1, -0.05) is 6.07 Å². The summed E-state index contributed by atoms with van der Waals surface area (Å²) in [5.74, 6) is 1.15. The lowest BCUT2D eigenvalue weighted by atomic mass is 10.3. The second kappa shape index (κ2) is 4.80. The molecule has 0 unspecified atom stereocenters. The van der Waals surface area contributed by atoms with Gasteiger partial charge in [-0.05, 0) is 19.1 Å². The normalized spacial score (nSPS) is 10.9. The first-order chi connectivity index (χ1) is 9.69. The molecule has 3 rings (SSSR count). The third-order valence-corrected chi connectivity index (χ3v) is 3.15. The SMILES string of the molecule is COc1cccc2c1nc(N)n2Cc1cnc(C)cn1. The van der Waals surface area contributed by atoms with Crippen LogP contribution >= 0.6 is 0 Å². The number of rotatable bonds is 3. The molecule has 2 N–H and O–H groups in total. The van der Waals surface area contributed by atoms with E-state index in [4.69, 9.17) is 10.5 Å². The lowest BCUT2D eigenvalue weighted by Gasteiger charge is -2.06. The molecule has 2 aromatic heterocycles. The Bertz CT molecular complexity index is 748. The van der Waals surface area contributed by atoms with E-state index in [1.54, 1.807) is 19.5 Å². The fourth-order valence-corrected chi connectivity index (χ4v) is 2.13. The van der Waals surface area contributed by atoms with Crippen LogP contribution in [0, 0.1) is 6.92 Å². The Hall–Kier alpha value is -2.63. The van der Waals surface area contributed by atoms with Crippen molar-refractivity contribution in [2.45, 2.75) is 13.5 Å². The van der Waals surface area contributed by atoms with Crippen LogP contribution in [0.15, 0.2) is 30.6 Å². The quantitative estimate of drug-likeness (QED) is 0.784. The van der Waals surface area contributed by atoms with Crippen molar-refractivity contribution in [1.29, 1.82) is 0 Å². The molecule has 2 heterocycles. The van der Waals surface area contributed by atoms with Gasteiger partial charge in [-0.25, -0.2) is 4.98 Å². The van der Waals surface area contributed by atoms with Crippen molar-refractivity contribution in [3.8, 4) is 5.75 Å². The summed E-state index contributed by atoms with van der Waals surface area (Å²) in [6, 6.07) is 5.74. The van der Waals surface area contributed by atoms with Gasteiger partial charge in [-0.15, -0.1) is 0 Å². The van der Waals surface area contributed by atoms with Crippen LogP contribution in [0.3, 0.4) is 0 Å². The standard InChI is InChI=1S/C14H15N5O/c1-9-6-17-10(7-16-9)8-19-11-4-3-5-12(20-2)13(11)18-14(19)15/h3-7H,8H2,1-2H3,(H2,15,18). The minimum Gasteiger partial charge on any atom is -0.494 e. The maximum Gasteiger partial charge on any atom is 0.201 e. The Kier molecular flexibility index (Phi) is 2.98. The summed E-state index contributed by atoms with van der Waals surface area (Å²) in [5, 5.41) is 0. The number of anilines is 1. The number of fused-ring (bicyclic) bond motifs is 1. The molecule has 6 nitrogen and oxygen atoms in total. The highest BCUT2D eigenvalue weighted by Gasteiger charge is 2.12. The van der Waals surface area contributed by atoms with Gasteiger partial charge < -0.3 is 15.0 Å². The zero-order chi connectivity index (χ0) is 14.1. The van der Waals surface area contributed by atoms with Crippen LogP contribution in [0.4, 0.5) is 5.95 Å². The Morgan fingerprint density at radius 1 is 1.25 bits per heavy atom. The van der Waals surface area contributed by atoms with E-state index in [0.29, 0.717) is 18.2 Å². The molecule has 0 atom stereocenters. The summed E-state index contributed by atoms with van der Waals surface area (Å²) in [4.78, 5) is 13.0. The van der Waals surface area contributed by atoms with Crippen LogP contribution < -0.4 is 10.5 Å². The number of imidazole rings is 1. The Morgan fingerprint density at radius 2 is 2.10 bits per heavy atom. The third-order valence-electron chi connectivity index (χ3n) is 3.15. The van der Waals surface area contributed by atoms with E-state index in [9.17, 15) is 0 Å². The molecule has 0 spiro atoms. The third kappa shape index (κ3) is 2.05. The fraction of sp³-hybridized carbons (Fsp3) is 0.214. The summed E-state index contributed by atoms with van der Waals surface area (Å²) in [6.45, 7) is 2.44. The van der Waals surface area contributed by atoms with Gasteiger partial charge in [0, 0.05) is 6.20 Å². The molecule has 0 aliphatic carbocycles. The molecule has 20 heavy (non-hydrogen) atoms. The zero-order valence-corrected chi connectivity index (χ0v) is 11.4. The Balaban J connectivity index is 2.07. The number of hydrogen-bond acceptors (Lipinski definition) is 5. The van der Waals surface area contributed by atoms with E-state index in [2.05, 4.69) is 15.0 Å². The minimum atomic E-state index is 0.437. The molecule has 6 heteroatoms. The maximum atomic E-state index is 6.00. The predicted octanol–water partition coefficient (Wildman–Crippen LogP) is 1.77. The van der Waals surface area contributed by atoms with Crippen LogP contribution in [0.2, 0.25) is 0 Å². The lowest BCUT2D eigenvalue weighted by Crippen LogP contribution is -2.06. The summed E-state index contributed by atoms with van der Waals surface area (Å²) in [5.41, 5.74) is 9.41. The van der Waals surface area contributed by atoms with Crippen LogP contribution in [-0.4, -0.2) is 26.6 Å². The maximum absolute atomic E-state index is 6.00. The summed E-state index contributed by atoms with van der Waals surface area (Å²) in [7, 11) is 1.62. The molecule has 0 fully saturated rings. The molecule has 0 radical (unpaired) electrons. The van der Waals surface area contributed by atoms with Crippen LogP contribution in [0.25, 0.3) is 11.0 Å². The van der Waals surface area contributed by atoms with Crippen molar-refractivity contribution < 1.29 is 4.74 Å². The van der Waals surface area contributed by atoms with E-state index in [0.717, 1.165) is 22.4 Å². The molecule has 3 aromatic rings. The number of aryl methyl sites for hydroxylation is 1. The number of ether oxygens (including phenoxy) is 1. The van der Waals surface area contributed by atoms with E-state index < -0.39 is 0 Å². The molecule has 0 saturated carbocycles. The summed E-state index contributed by atoms with van der Waals surface area (Å²) < 4.78 is 7.20. The number of methoxy groups -OCH3 is 1. The van der Waals surface area contributed by atoms with Crippen molar-refractivity contribution in [2.75, 3.05) is 12.8 Å². The largest absolute Gasteiger partial charge is 0.494 e. The van der Waals surface area contributed by atoms with Crippen molar-refractivity contribution in [1.82, 2.24) is 19.5 Å². The van der Waals surface area contributed by atoms with E-state index in [1.807, 2.05) is 29.7 Å². The van der Waals surface area contributed by atoms with Gasteiger partial charge in [0.1, 0.15) is 11.3 Å². The molecule has 102 valence electrons. The average Bonchev–Trinajstić information content (AvgIpc) is 2.77. The summed E-state index contributed by atoms with van der Waals surface area (Å²) >= 11 is 0. The number of benzene rings is 1. The number of nitrogens with zero attached hydrogens (tertiary/aromatic N) is 4. The first kappa shape index (κ1) is 12.4. The highest BCUT2D eigenvalue weighted by Crippen LogP contribution is 2.27. The Labute approximate surface area is 116 Å². The smallest absolute Gasteiger partial charge is 0.201 e. The predicted molar refractivity (Wildman–Crippen MR) is 76.6 cm³/mol. The molecule has 0 aliphatic heterocycles. The van der Waals surface area contributed by atoms with E-state index >= 15 is 0 Å². The number of para-hydroxylation sites is 1. The topological polar surface area (TPSA) is 78.9 Å². The van der Waals surface area contributed by atoms with E-state index in [1.165, 1.54) is 0 Å². The highest BCUT2D eigenvalue weighted by molar-refractivity contribution is 5.84. The average molecular weight is 269 g/mol.